The molecule has 204 valence electrons. The van der Waals surface area contributed by atoms with Crippen LogP contribution < -0.4 is 20.9 Å². The number of rotatable bonds is 8. The summed E-state index contributed by atoms with van der Waals surface area (Å²) in [4.78, 5) is 28.5. The van der Waals surface area contributed by atoms with Crippen molar-refractivity contribution < 1.29 is 14.3 Å². The summed E-state index contributed by atoms with van der Waals surface area (Å²) in [6.07, 6.45) is 1.40. The summed E-state index contributed by atoms with van der Waals surface area (Å²) in [5.41, 5.74) is 3.27. The Labute approximate surface area is 239 Å². The van der Waals surface area contributed by atoms with E-state index in [0.29, 0.717) is 10.7 Å². The summed E-state index contributed by atoms with van der Waals surface area (Å²) >= 11 is 12.0. The van der Waals surface area contributed by atoms with Gasteiger partial charge in [0.25, 0.3) is 5.91 Å². The van der Waals surface area contributed by atoms with Gasteiger partial charge in [-0.1, -0.05) is 66.3 Å². The second-order valence-corrected chi connectivity index (χ2v) is 11.2. The summed E-state index contributed by atoms with van der Waals surface area (Å²) in [6, 6.07) is 21.8. The second-order valence-electron chi connectivity index (χ2n) is 10.3. The van der Waals surface area contributed by atoms with Gasteiger partial charge in [-0.05, 0) is 75.1 Å². The van der Waals surface area contributed by atoms with E-state index in [1.54, 1.807) is 6.07 Å². The predicted molar refractivity (Wildman–Crippen MR) is 162 cm³/mol. The summed E-state index contributed by atoms with van der Waals surface area (Å²) < 4.78 is 5.31. The number of alkyl carbamates (subject to hydrolysis) is 1. The van der Waals surface area contributed by atoms with Crippen molar-refractivity contribution in [3.63, 3.8) is 0 Å². The van der Waals surface area contributed by atoms with Crippen LogP contribution in [0.2, 0.25) is 5.02 Å². The Bertz CT molecular complexity index is 1340. The summed E-state index contributed by atoms with van der Waals surface area (Å²) in [7, 11) is 0. The number of thiocarbonyl (C=S) groups is 1. The Hall–Kier alpha value is -3.62. The molecule has 39 heavy (non-hydrogen) atoms. The van der Waals surface area contributed by atoms with Gasteiger partial charge in [-0.25, -0.2) is 4.79 Å². The molecule has 0 spiro atoms. The number of anilines is 3. The lowest BCUT2D eigenvalue weighted by molar-refractivity contribution is -0.117. The molecule has 0 aromatic heterocycles. The number of carbonyl (C=O) groups excluding carboxylic acids is 2. The number of benzene rings is 3. The van der Waals surface area contributed by atoms with E-state index in [0.717, 1.165) is 46.9 Å². The molecule has 2 amide bonds. The molecule has 1 aliphatic heterocycles. The molecule has 9 heteroatoms. The normalized spacial score (nSPS) is 14.1. The van der Waals surface area contributed by atoms with Crippen LogP contribution in [0.1, 0.15) is 50.8 Å². The molecule has 1 atom stereocenters. The van der Waals surface area contributed by atoms with Gasteiger partial charge in [0.15, 0.2) is 0 Å². The zero-order chi connectivity index (χ0) is 28.0. The van der Waals surface area contributed by atoms with Crippen LogP contribution in [0.15, 0.2) is 72.8 Å². The van der Waals surface area contributed by atoms with Crippen LogP contribution in [0, 0.1) is 0 Å². The average Bonchev–Trinajstić information content (AvgIpc) is 3.31. The average molecular weight is 565 g/mol. The number of carbonyl (C=O) groups is 2. The molecule has 1 heterocycles. The van der Waals surface area contributed by atoms with Crippen LogP contribution in [0.5, 0.6) is 0 Å². The minimum atomic E-state index is -0.676. The number of halogens is 1. The SMILES string of the molecule is CC(C)(C)OC(=O)NCc1cccc(NC(C(=O)Nc2ccc(N3CCCC3=S)c(Cl)c2)c2ccccc2)c1. The maximum absolute atomic E-state index is 13.5. The molecule has 1 fully saturated rings. The van der Waals surface area contributed by atoms with Crippen molar-refractivity contribution in [1.29, 1.82) is 0 Å². The van der Waals surface area contributed by atoms with Gasteiger partial charge in [-0.15, -0.1) is 0 Å². The van der Waals surface area contributed by atoms with E-state index in [4.69, 9.17) is 28.6 Å². The molecular weight excluding hydrogens is 532 g/mol. The van der Waals surface area contributed by atoms with Gasteiger partial charge >= 0.3 is 6.09 Å². The van der Waals surface area contributed by atoms with Crippen molar-refractivity contribution in [1.82, 2.24) is 5.32 Å². The number of hydrogen-bond acceptors (Lipinski definition) is 5. The topological polar surface area (TPSA) is 82.7 Å². The van der Waals surface area contributed by atoms with E-state index >= 15 is 0 Å². The minimum absolute atomic E-state index is 0.237. The third-order valence-corrected chi connectivity index (χ3v) is 6.78. The Morgan fingerprint density at radius 3 is 2.46 bits per heavy atom. The van der Waals surface area contributed by atoms with Crippen molar-refractivity contribution in [2.45, 2.75) is 51.8 Å². The van der Waals surface area contributed by atoms with Crippen molar-refractivity contribution in [3.05, 3.63) is 88.9 Å². The van der Waals surface area contributed by atoms with Crippen LogP contribution >= 0.6 is 23.8 Å². The zero-order valence-corrected chi connectivity index (χ0v) is 23.9. The van der Waals surface area contributed by atoms with Crippen LogP contribution in [0.4, 0.5) is 21.9 Å². The number of ether oxygens (including phenoxy) is 1. The molecule has 7 nitrogen and oxygen atoms in total. The smallest absolute Gasteiger partial charge is 0.407 e. The molecule has 3 N–H and O–H groups in total. The van der Waals surface area contributed by atoms with E-state index in [1.165, 1.54) is 0 Å². The lowest BCUT2D eigenvalue weighted by atomic mass is 10.0. The van der Waals surface area contributed by atoms with Crippen LogP contribution in [-0.2, 0) is 16.1 Å². The van der Waals surface area contributed by atoms with Crippen molar-refractivity contribution in [3.8, 4) is 0 Å². The first-order chi connectivity index (χ1) is 18.6. The number of hydrogen-bond donors (Lipinski definition) is 3. The molecule has 1 saturated heterocycles. The summed E-state index contributed by atoms with van der Waals surface area (Å²) in [5.74, 6) is -0.237. The largest absolute Gasteiger partial charge is 0.444 e. The van der Waals surface area contributed by atoms with Gasteiger partial charge < -0.3 is 25.6 Å². The lowest BCUT2D eigenvalue weighted by Gasteiger charge is -2.22. The first kappa shape index (κ1) is 28.4. The predicted octanol–water partition coefficient (Wildman–Crippen LogP) is 7.08. The molecule has 3 aromatic carbocycles. The van der Waals surface area contributed by atoms with Gasteiger partial charge in [0.05, 0.1) is 15.7 Å². The maximum Gasteiger partial charge on any atom is 0.407 e. The van der Waals surface area contributed by atoms with E-state index < -0.39 is 17.7 Å². The third-order valence-electron chi connectivity index (χ3n) is 6.05. The molecule has 0 bridgehead atoms. The van der Waals surface area contributed by atoms with Gasteiger partial charge in [0.1, 0.15) is 11.6 Å². The number of nitrogens with zero attached hydrogens (tertiary/aromatic N) is 1. The number of amides is 2. The fourth-order valence-electron chi connectivity index (χ4n) is 4.29. The lowest BCUT2D eigenvalue weighted by Crippen LogP contribution is -2.32. The first-order valence-electron chi connectivity index (χ1n) is 12.9. The molecule has 3 aromatic rings. The molecule has 0 saturated carbocycles. The standard InChI is InChI=1S/C30H33ClN4O3S/c1-30(2,3)38-29(37)32-19-20-9-7-12-22(17-20)33-27(21-10-5-4-6-11-21)28(36)34-23-14-15-25(24(31)18-23)35-16-8-13-26(35)39/h4-7,9-12,14-15,17-18,27,33H,8,13,16,19H2,1-3H3,(H,32,37)(H,34,36). The second kappa shape index (κ2) is 12.5. The molecule has 1 aliphatic rings. The zero-order valence-electron chi connectivity index (χ0n) is 22.3. The van der Waals surface area contributed by atoms with Gasteiger partial charge in [0.2, 0.25) is 0 Å². The van der Waals surface area contributed by atoms with Crippen LogP contribution in [0.3, 0.4) is 0 Å². The highest BCUT2D eigenvalue weighted by atomic mass is 35.5. The van der Waals surface area contributed by atoms with E-state index in [1.807, 2.05) is 92.4 Å². The molecular formula is C30H33ClN4O3S. The van der Waals surface area contributed by atoms with Crippen LogP contribution in [-0.4, -0.2) is 29.1 Å². The highest BCUT2D eigenvalue weighted by molar-refractivity contribution is 7.80. The van der Waals surface area contributed by atoms with Crippen molar-refractivity contribution in [2.24, 2.45) is 0 Å². The third kappa shape index (κ3) is 7.94. The van der Waals surface area contributed by atoms with E-state index in [9.17, 15) is 9.59 Å². The van der Waals surface area contributed by atoms with E-state index in [2.05, 4.69) is 16.0 Å². The molecule has 1 unspecified atom stereocenters. The highest BCUT2D eigenvalue weighted by Gasteiger charge is 2.23. The van der Waals surface area contributed by atoms with Crippen LogP contribution in [0.25, 0.3) is 0 Å². The fourth-order valence-corrected chi connectivity index (χ4v) is 4.91. The fraction of sp³-hybridized carbons (Fsp3) is 0.300. The monoisotopic (exact) mass is 564 g/mol. The molecule has 4 rings (SSSR count). The summed E-state index contributed by atoms with van der Waals surface area (Å²) in [6.45, 7) is 6.58. The Morgan fingerprint density at radius 1 is 1.03 bits per heavy atom. The van der Waals surface area contributed by atoms with Gasteiger partial charge in [-0.3, -0.25) is 4.79 Å². The Kier molecular flexibility index (Phi) is 9.09. The Balaban J connectivity index is 1.48. The van der Waals surface area contributed by atoms with E-state index in [-0.39, 0.29) is 12.5 Å². The molecule has 0 aliphatic carbocycles. The highest BCUT2D eigenvalue weighted by Crippen LogP contribution is 2.33. The number of nitrogens with one attached hydrogen (secondary N) is 3. The van der Waals surface area contributed by atoms with Gasteiger partial charge in [-0.2, -0.15) is 0 Å². The maximum atomic E-state index is 13.5. The van der Waals surface area contributed by atoms with Crippen molar-refractivity contribution >= 4 is 57.9 Å². The Morgan fingerprint density at radius 2 is 1.79 bits per heavy atom. The quantitative estimate of drug-likeness (QED) is 0.253. The summed E-state index contributed by atoms with van der Waals surface area (Å²) in [5, 5.41) is 9.64. The van der Waals surface area contributed by atoms with Gasteiger partial charge in [0, 0.05) is 24.5 Å². The minimum Gasteiger partial charge on any atom is -0.444 e. The first-order valence-corrected chi connectivity index (χ1v) is 13.7. The molecule has 0 radical (unpaired) electrons. The van der Waals surface area contributed by atoms with Crippen molar-refractivity contribution in [2.75, 3.05) is 22.1 Å².